The Morgan fingerprint density at radius 2 is 1.94 bits per heavy atom. The van der Waals surface area contributed by atoms with E-state index < -0.39 is 5.41 Å². The minimum atomic E-state index is -0.454. The quantitative estimate of drug-likeness (QED) is 0.652. The summed E-state index contributed by atoms with van der Waals surface area (Å²) < 4.78 is 6.26. The van der Waals surface area contributed by atoms with Crippen LogP contribution in [0.2, 0.25) is 0 Å². The number of aryl methyl sites for hydroxylation is 1. The van der Waals surface area contributed by atoms with Crippen LogP contribution in [0, 0.1) is 11.3 Å². The third kappa shape index (κ3) is 6.37. The van der Waals surface area contributed by atoms with Crippen LogP contribution >= 0.6 is 0 Å². The molecule has 0 saturated carbocycles. The molecule has 0 unspecified atom stereocenters. The number of carbonyl (C=O) groups is 2. The maximum absolute atomic E-state index is 13.8. The van der Waals surface area contributed by atoms with Crippen LogP contribution in [-0.4, -0.2) is 47.4 Å². The van der Waals surface area contributed by atoms with Crippen LogP contribution in [0.5, 0.6) is 5.75 Å². The molecule has 0 aliphatic carbocycles. The second-order valence-corrected chi connectivity index (χ2v) is 10.8. The summed E-state index contributed by atoms with van der Waals surface area (Å²) in [6.45, 7) is 5.93. The van der Waals surface area contributed by atoms with E-state index in [1.807, 2.05) is 17.0 Å². The van der Waals surface area contributed by atoms with E-state index in [-0.39, 0.29) is 17.9 Å². The zero-order valence-electron chi connectivity index (χ0n) is 21.7. The third-order valence-electron chi connectivity index (χ3n) is 7.62. The second-order valence-electron chi connectivity index (χ2n) is 10.8. The van der Waals surface area contributed by atoms with Gasteiger partial charge in [0.15, 0.2) is 0 Å². The standard InChI is InChI=1S/C29H40N4O3/c1-21(2)18-24-20-36-25-10-6-5-9-22(25)8-4-3-7-12-29(28(35)32-24)13-16-33(17-14-29)27(34)23-11-15-31-26(30)19-23/h5-6,9-11,15,19,21,24H,3-4,7-8,12-14,16-18,20H2,1-2H3,(H2,30,31)(H,32,35)/t24-/m0/s1. The van der Waals surface area contributed by atoms with Crippen molar-refractivity contribution in [3.8, 4) is 5.75 Å². The van der Waals surface area contributed by atoms with Crippen molar-refractivity contribution in [1.29, 1.82) is 0 Å². The summed E-state index contributed by atoms with van der Waals surface area (Å²) in [6, 6.07) is 11.5. The number of anilines is 1. The highest BCUT2D eigenvalue weighted by Gasteiger charge is 2.42. The zero-order chi connectivity index (χ0) is 25.5. The Labute approximate surface area is 214 Å². The lowest BCUT2D eigenvalue weighted by Gasteiger charge is -2.41. The van der Waals surface area contributed by atoms with Gasteiger partial charge in [0.2, 0.25) is 5.91 Å². The van der Waals surface area contributed by atoms with Gasteiger partial charge in [-0.2, -0.15) is 0 Å². The van der Waals surface area contributed by atoms with Gasteiger partial charge < -0.3 is 20.7 Å². The lowest BCUT2D eigenvalue weighted by atomic mass is 9.73. The molecule has 2 aliphatic rings. The number of hydrogen-bond acceptors (Lipinski definition) is 5. The number of fused-ring (bicyclic) bond motifs is 1. The number of rotatable bonds is 3. The first kappa shape index (κ1) is 26.0. The molecule has 0 bridgehead atoms. The van der Waals surface area contributed by atoms with Crippen molar-refractivity contribution in [2.45, 2.75) is 71.3 Å². The fourth-order valence-electron chi connectivity index (χ4n) is 5.57. The molecule has 36 heavy (non-hydrogen) atoms. The van der Waals surface area contributed by atoms with Crippen LogP contribution < -0.4 is 15.8 Å². The first-order valence-corrected chi connectivity index (χ1v) is 13.4. The maximum atomic E-state index is 13.8. The molecule has 1 aromatic carbocycles. The van der Waals surface area contributed by atoms with Crippen molar-refractivity contribution in [2.75, 3.05) is 25.4 Å². The van der Waals surface area contributed by atoms with Crippen molar-refractivity contribution in [3.05, 3.63) is 53.7 Å². The fourth-order valence-corrected chi connectivity index (χ4v) is 5.57. The number of nitrogen functional groups attached to an aromatic ring is 1. The molecule has 0 radical (unpaired) electrons. The van der Waals surface area contributed by atoms with E-state index >= 15 is 0 Å². The van der Waals surface area contributed by atoms with Crippen LogP contribution in [0.15, 0.2) is 42.6 Å². The number of benzene rings is 1. The van der Waals surface area contributed by atoms with E-state index in [1.54, 1.807) is 18.3 Å². The minimum absolute atomic E-state index is 0.0483. The van der Waals surface area contributed by atoms with E-state index in [4.69, 9.17) is 10.5 Å². The number of hydrogen-bond donors (Lipinski definition) is 2. The summed E-state index contributed by atoms with van der Waals surface area (Å²) in [5, 5.41) is 3.37. The molecule has 7 heteroatoms. The molecular weight excluding hydrogens is 452 g/mol. The molecule has 2 amide bonds. The molecule has 1 aromatic heterocycles. The molecule has 7 nitrogen and oxygen atoms in total. The van der Waals surface area contributed by atoms with Gasteiger partial charge >= 0.3 is 0 Å². The Morgan fingerprint density at radius 1 is 1.17 bits per heavy atom. The Bertz CT molecular complexity index is 1050. The number of carbonyl (C=O) groups excluding carboxylic acids is 2. The molecule has 2 aromatic rings. The van der Waals surface area contributed by atoms with Crippen LogP contribution in [0.3, 0.4) is 0 Å². The summed E-state index contributed by atoms with van der Waals surface area (Å²) >= 11 is 0. The summed E-state index contributed by atoms with van der Waals surface area (Å²) in [4.78, 5) is 32.7. The number of likely N-dealkylation sites (tertiary alicyclic amines) is 1. The minimum Gasteiger partial charge on any atom is -0.491 e. The van der Waals surface area contributed by atoms with Gasteiger partial charge in [0.1, 0.15) is 18.2 Å². The molecule has 3 heterocycles. The first-order chi connectivity index (χ1) is 17.4. The number of aromatic nitrogens is 1. The Balaban J connectivity index is 1.49. The van der Waals surface area contributed by atoms with E-state index in [2.05, 4.69) is 36.3 Å². The molecular formula is C29H40N4O3. The summed E-state index contributed by atoms with van der Waals surface area (Å²) in [6.07, 6.45) is 8.72. The van der Waals surface area contributed by atoms with Gasteiger partial charge in [-0.05, 0) is 68.2 Å². The predicted octanol–water partition coefficient (Wildman–Crippen LogP) is 4.61. The fraction of sp³-hybridized carbons (Fsp3) is 0.552. The summed E-state index contributed by atoms with van der Waals surface area (Å²) in [7, 11) is 0. The number of nitrogens with two attached hydrogens (primary N) is 1. The highest BCUT2D eigenvalue weighted by atomic mass is 16.5. The van der Waals surface area contributed by atoms with Crippen molar-refractivity contribution in [2.24, 2.45) is 11.3 Å². The van der Waals surface area contributed by atoms with E-state index in [0.717, 1.165) is 44.3 Å². The van der Waals surface area contributed by atoms with Crippen LogP contribution in [0.1, 0.15) is 74.7 Å². The molecule has 3 N–H and O–H groups in total. The van der Waals surface area contributed by atoms with Crippen LogP contribution in [-0.2, 0) is 11.2 Å². The number of piperidine rings is 1. The molecule has 4 rings (SSSR count). The van der Waals surface area contributed by atoms with Crippen molar-refractivity contribution in [3.63, 3.8) is 0 Å². The zero-order valence-corrected chi connectivity index (χ0v) is 21.7. The first-order valence-electron chi connectivity index (χ1n) is 13.4. The van der Waals surface area contributed by atoms with Gasteiger partial charge in [-0.1, -0.05) is 44.9 Å². The van der Waals surface area contributed by atoms with E-state index in [0.29, 0.717) is 49.8 Å². The van der Waals surface area contributed by atoms with Crippen molar-refractivity contribution < 1.29 is 14.3 Å². The Morgan fingerprint density at radius 3 is 2.69 bits per heavy atom. The average Bonchev–Trinajstić information content (AvgIpc) is 2.87. The summed E-state index contributed by atoms with van der Waals surface area (Å²) in [5.74, 6) is 1.77. The molecule has 2 aliphatic heterocycles. The topological polar surface area (TPSA) is 97.6 Å². The van der Waals surface area contributed by atoms with E-state index in [9.17, 15) is 9.59 Å². The molecule has 1 saturated heterocycles. The smallest absolute Gasteiger partial charge is 0.254 e. The highest BCUT2D eigenvalue weighted by Crippen LogP contribution is 2.38. The largest absolute Gasteiger partial charge is 0.491 e. The average molecular weight is 493 g/mol. The van der Waals surface area contributed by atoms with Crippen molar-refractivity contribution >= 4 is 17.6 Å². The Hall–Kier alpha value is -3.09. The van der Waals surface area contributed by atoms with Gasteiger partial charge in [0.05, 0.1) is 11.5 Å². The molecule has 194 valence electrons. The third-order valence-corrected chi connectivity index (χ3v) is 7.62. The number of nitrogens with one attached hydrogen (secondary N) is 1. The molecule has 1 fully saturated rings. The number of para-hydroxylation sites is 1. The number of ether oxygens (including phenoxy) is 1. The van der Waals surface area contributed by atoms with Gasteiger partial charge in [0.25, 0.3) is 5.91 Å². The second kappa shape index (κ2) is 11.8. The van der Waals surface area contributed by atoms with Gasteiger partial charge in [-0.3, -0.25) is 9.59 Å². The molecule has 1 spiro atoms. The molecule has 1 atom stereocenters. The van der Waals surface area contributed by atoms with Gasteiger partial charge in [0, 0.05) is 24.8 Å². The normalized spacial score (nSPS) is 20.9. The van der Waals surface area contributed by atoms with Crippen molar-refractivity contribution in [1.82, 2.24) is 15.2 Å². The van der Waals surface area contributed by atoms with Crippen LogP contribution in [0.25, 0.3) is 0 Å². The lowest BCUT2D eigenvalue weighted by molar-refractivity contribution is -0.135. The van der Waals surface area contributed by atoms with E-state index in [1.165, 1.54) is 5.56 Å². The van der Waals surface area contributed by atoms with Gasteiger partial charge in [-0.15, -0.1) is 0 Å². The summed E-state index contributed by atoms with van der Waals surface area (Å²) in [5.41, 5.74) is 7.11. The highest BCUT2D eigenvalue weighted by molar-refractivity contribution is 5.95. The Kier molecular flexibility index (Phi) is 8.49. The monoisotopic (exact) mass is 492 g/mol. The maximum Gasteiger partial charge on any atom is 0.254 e. The van der Waals surface area contributed by atoms with Crippen LogP contribution in [0.4, 0.5) is 5.82 Å². The lowest BCUT2D eigenvalue weighted by Crippen LogP contribution is -2.53. The number of amides is 2. The number of nitrogens with zero attached hydrogens (tertiary/aromatic N) is 2. The predicted molar refractivity (Wildman–Crippen MR) is 142 cm³/mol. The van der Waals surface area contributed by atoms with Gasteiger partial charge in [-0.25, -0.2) is 4.98 Å². The SMILES string of the molecule is CC(C)C[C@H]1COc2ccccc2CCCCCC2(CCN(C(=O)c3ccnc(N)c3)CC2)C(=O)N1. The number of pyridine rings is 1.